The molecule has 68 heavy (non-hydrogen) atoms. The summed E-state index contributed by atoms with van der Waals surface area (Å²) in [6.45, 7) is 51.3. The third-order valence-electron chi connectivity index (χ3n) is 11.0. The molecule has 0 spiro atoms. The summed E-state index contributed by atoms with van der Waals surface area (Å²) in [6, 6.07) is 3.19. The van der Waals surface area contributed by atoms with Crippen LogP contribution in [0, 0.1) is 47.3 Å². The van der Waals surface area contributed by atoms with E-state index in [1.54, 1.807) is 0 Å². The van der Waals surface area contributed by atoms with Crippen LogP contribution in [0.25, 0.3) is 0 Å². The van der Waals surface area contributed by atoms with Gasteiger partial charge in [-0.25, -0.2) is 0 Å². The largest absolute Gasteiger partial charge is 0.479 e. The van der Waals surface area contributed by atoms with Gasteiger partial charge in [0.05, 0.1) is 0 Å². The van der Waals surface area contributed by atoms with Crippen LogP contribution in [0.5, 0.6) is 0 Å². The van der Waals surface area contributed by atoms with E-state index in [1.807, 2.05) is 0 Å². The summed E-state index contributed by atoms with van der Waals surface area (Å²) in [6.07, 6.45) is 0. The Morgan fingerprint density at radius 3 is 0.397 bits per heavy atom. The summed E-state index contributed by atoms with van der Waals surface area (Å²) >= 11 is 0. The van der Waals surface area contributed by atoms with Crippen molar-refractivity contribution in [1.82, 2.24) is 0 Å². The van der Waals surface area contributed by atoms with E-state index >= 15 is 0 Å². The summed E-state index contributed by atoms with van der Waals surface area (Å²) in [5.74, 6) is 0.244. The second kappa shape index (κ2) is 21.4. The number of hydrogen-bond donors (Lipinski definition) is 0. The molecule has 0 aromatic rings. The molecule has 4 atom stereocenters. The zero-order valence-corrected chi connectivity index (χ0v) is 58.8. The second-order valence-corrected chi connectivity index (χ2v) is 63.9. The molecular formula is C40H96O16Si12. The van der Waals surface area contributed by atoms with Crippen LogP contribution in [0.15, 0.2) is 0 Å². The van der Waals surface area contributed by atoms with Gasteiger partial charge in [0.1, 0.15) is 0 Å². The summed E-state index contributed by atoms with van der Waals surface area (Å²) < 4.78 is 127. The second-order valence-electron chi connectivity index (χ2n) is 25.5. The first-order valence-corrected chi connectivity index (χ1v) is 52.6. The van der Waals surface area contributed by atoms with Crippen molar-refractivity contribution in [3.8, 4) is 0 Å². The summed E-state index contributed by atoms with van der Waals surface area (Å²) in [5, 5.41) is 0. The Morgan fingerprint density at radius 1 is 0.176 bits per heavy atom. The van der Waals surface area contributed by atoms with Gasteiger partial charge >= 0.3 is 105 Å². The lowest BCUT2D eigenvalue weighted by Crippen LogP contribution is -2.86. The van der Waals surface area contributed by atoms with Crippen LogP contribution in [0.1, 0.15) is 111 Å². The molecule has 8 bridgehead atoms. The highest BCUT2D eigenvalue weighted by atomic mass is 28.6. The number of fused-ring (bicyclic) bond motifs is 8. The molecule has 0 amide bonds. The van der Waals surface area contributed by atoms with E-state index in [2.05, 4.69) is 163 Å². The molecule has 0 aromatic heterocycles. The molecule has 400 valence electrons. The molecule has 0 radical (unpaired) electrons. The molecule has 28 heteroatoms. The Kier molecular flexibility index (Phi) is 19.2. The minimum absolute atomic E-state index is 0.0152. The van der Waals surface area contributed by atoms with Crippen LogP contribution in [-0.2, 0) is 65.8 Å². The van der Waals surface area contributed by atoms with E-state index in [0.29, 0.717) is 48.4 Å². The zero-order chi connectivity index (χ0) is 51.6. The SMILES string of the molecule is CC(C)C[Si]12O[Si](C)(C)O[Si](C)(C)O[Si](C)(C)O[Si](C)(C)O[Si]3(CC(C)C)O[Si]4(CC(C)C)O[Si](CC(C)C)(O1)O[Si]1(CC(C)C)O[Si](CC(C)C)(O2)O[Si](CC(C)C)(O3)O[Si](CC(C)C)(O4)O1. The minimum atomic E-state index is -4.28. The average Bonchev–Trinajstić information content (AvgIpc) is 2.95. The van der Waals surface area contributed by atoms with E-state index in [-0.39, 0.29) is 47.3 Å². The van der Waals surface area contributed by atoms with E-state index in [0.717, 1.165) is 0 Å². The predicted molar refractivity (Wildman–Crippen MR) is 290 cm³/mol. The Morgan fingerprint density at radius 2 is 0.279 bits per heavy atom. The lowest BCUT2D eigenvalue weighted by Gasteiger charge is -2.62. The molecule has 0 saturated carbocycles. The molecule has 16 nitrogen and oxygen atoms in total. The van der Waals surface area contributed by atoms with Gasteiger partial charge in [0, 0.05) is 48.4 Å². The van der Waals surface area contributed by atoms with Crippen LogP contribution in [0.2, 0.25) is 101 Å². The van der Waals surface area contributed by atoms with Crippen molar-refractivity contribution < 1.29 is 65.8 Å². The Bertz CT molecular complexity index is 1540. The van der Waals surface area contributed by atoms with Crippen LogP contribution in [0.3, 0.4) is 0 Å². The highest BCUT2D eigenvalue weighted by Gasteiger charge is 2.81. The average molecular weight is 1170 g/mol. The van der Waals surface area contributed by atoms with Crippen molar-refractivity contribution in [2.24, 2.45) is 47.3 Å². The molecule has 6 saturated heterocycles. The monoisotopic (exact) mass is 1170 g/mol. The molecule has 6 fully saturated rings. The lowest BCUT2D eigenvalue weighted by atomic mass is 10.3. The first kappa shape index (κ1) is 60.8. The molecule has 0 aromatic carbocycles. The van der Waals surface area contributed by atoms with Crippen molar-refractivity contribution in [2.75, 3.05) is 0 Å². The highest BCUT2D eigenvalue weighted by molar-refractivity contribution is 7.02. The summed E-state index contributed by atoms with van der Waals surface area (Å²) in [4.78, 5) is 0. The van der Waals surface area contributed by atoms with E-state index in [4.69, 9.17) is 65.8 Å². The van der Waals surface area contributed by atoms with Crippen molar-refractivity contribution in [2.45, 2.75) is 212 Å². The van der Waals surface area contributed by atoms with Crippen LogP contribution < -0.4 is 0 Å². The van der Waals surface area contributed by atoms with Gasteiger partial charge in [0.2, 0.25) is 0 Å². The topological polar surface area (TPSA) is 148 Å². The third-order valence-corrected chi connectivity index (χ3v) is 67.1. The molecular weight excluding hydrogens is 1070 g/mol. The number of hydrogen-bond acceptors (Lipinski definition) is 16. The normalized spacial score (nSPS) is 39.5. The van der Waals surface area contributed by atoms with Crippen molar-refractivity contribution >= 4 is 105 Å². The Balaban J connectivity index is 2.12. The van der Waals surface area contributed by atoms with Crippen LogP contribution in [0.4, 0.5) is 0 Å². The fourth-order valence-electron chi connectivity index (χ4n) is 10.7. The van der Waals surface area contributed by atoms with Gasteiger partial charge < -0.3 is 65.8 Å². The van der Waals surface area contributed by atoms with E-state index in [9.17, 15) is 0 Å². The fraction of sp³-hybridized carbons (Fsp3) is 1.00. The van der Waals surface area contributed by atoms with Gasteiger partial charge in [0.25, 0.3) is 0 Å². The maximum absolute atomic E-state index is 8.18. The van der Waals surface area contributed by atoms with Crippen molar-refractivity contribution in [3.63, 3.8) is 0 Å². The third kappa shape index (κ3) is 16.0. The first-order chi connectivity index (χ1) is 30.6. The van der Waals surface area contributed by atoms with Gasteiger partial charge in [-0.3, -0.25) is 0 Å². The molecule has 6 aliphatic heterocycles. The van der Waals surface area contributed by atoms with Gasteiger partial charge in [0.15, 0.2) is 0 Å². The van der Waals surface area contributed by atoms with Gasteiger partial charge in [-0.05, 0) is 99.7 Å². The molecule has 6 rings (SSSR count). The fourth-order valence-corrected chi connectivity index (χ4v) is 82.9. The van der Waals surface area contributed by atoms with E-state index in [1.165, 1.54) is 0 Å². The highest BCUT2D eigenvalue weighted by Crippen LogP contribution is 2.54. The smallest absolute Gasteiger partial charge is 0.416 e. The molecule has 0 aliphatic carbocycles. The van der Waals surface area contributed by atoms with Gasteiger partial charge in [-0.1, -0.05) is 111 Å². The van der Waals surface area contributed by atoms with Crippen LogP contribution in [-0.4, -0.2) is 105 Å². The molecule has 0 N–H and O–H groups in total. The van der Waals surface area contributed by atoms with Gasteiger partial charge in [-0.15, -0.1) is 0 Å². The van der Waals surface area contributed by atoms with Crippen LogP contribution >= 0.6 is 0 Å². The van der Waals surface area contributed by atoms with Crippen molar-refractivity contribution in [3.05, 3.63) is 0 Å². The summed E-state index contributed by atoms with van der Waals surface area (Å²) in [7, 11) is -46.4. The Hall–Kier alpha value is 1.96. The first-order valence-electron chi connectivity index (χ1n) is 25.9. The quantitative estimate of drug-likeness (QED) is 0.135. The molecule has 6 heterocycles. The van der Waals surface area contributed by atoms with Gasteiger partial charge in [-0.2, -0.15) is 0 Å². The molecule has 4 unspecified atom stereocenters. The van der Waals surface area contributed by atoms with E-state index < -0.39 is 105 Å². The zero-order valence-electron chi connectivity index (χ0n) is 46.8. The lowest BCUT2D eigenvalue weighted by molar-refractivity contribution is -0.0132. The number of rotatable bonds is 16. The summed E-state index contributed by atoms with van der Waals surface area (Å²) in [5.41, 5.74) is 0. The maximum atomic E-state index is 8.18. The minimum Gasteiger partial charge on any atom is -0.416 e. The standard InChI is InChI=1S/C40H96O16Si12/c1-33(2)25-61-44-59(21,22)42-57(17,18)41-58(19,20)43-60(23,24)45-62(26-34(3)4)48-65(29-37(9)10)50-63(46-61,27-35(5)6)52-67(31-39(13)14)53-64(47-61,28-36(7)8)51-66(49-62,30-38(11)12)55-68(54-65,56-67)32-40(15)16/h33-40H,25-32H2,1-24H3. The predicted octanol–water partition coefficient (Wildman–Crippen LogP) is 11.9. The van der Waals surface area contributed by atoms with Crippen molar-refractivity contribution in [1.29, 1.82) is 0 Å². The Labute approximate surface area is 426 Å². The maximum Gasteiger partial charge on any atom is 0.479 e. The molecule has 6 aliphatic rings.